The van der Waals surface area contributed by atoms with Gasteiger partial charge in [-0.1, -0.05) is 38.4 Å². The summed E-state index contributed by atoms with van der Waals surface area (Å²) in [5, 5.41) is 0. The van der Waals surface area contributed by atoms with E-state index in [0.717, 1.165) is 10.4 Å². The van der Waals surface area contributed by atoms with E-state index in [0.29, 0.717) is 63.7 Å². The average Bonchev–Trinajstić information content (AvgIpc) is 3.29. The van der Waals surface area contributed by atoms with Crippen molar-refractivity contribution in [2.75, 3.05) is 26.4 Å². The standard InChI is InChI=1S/C31H38N2O7S/c1-10-34-24-14-12-11-13-23(24)28-26(31(39-22(8)9)36-16-15-35-19(2)3)27-29(41-28)30(33-18-32-27)40-25(38-21(6)7)17-37-20(4)5/h11-14,18,25,31H,2,4,6,8,10,15-17H2,1,3,5,7,9H3. The number of hydrogen-bond donors (Lipinski definition) is 0. The van der Waals surface area contributed by atoms with Crippen LogP contribution >= 0.6 is 11.3 Å². The summed E-state index contributed by atoms with van der Waals surface area (Å²) in [5.74, 6) is 3.06. The van der Waals surface area contributed by atoms with Crippen molar-refractivity contribution in [3.63, 3.8) is 0 Å². The van der Waals surface area contributed by atoms with Gasteiger partial charge in [0.25, 0.3) is 6.29 Å². The third kappa shape index (κ3) is 8.99. The minimum Gasteiger partial charge on any atom is -0.496 e. The van der Waals surface area contributed by atoms with E-state index in [9.17, 15) is 0 Å². The fraction of sp³-hybridized carbons (Fsp3) is 0.355. The van der Waals surface area contributed by atoms with Gasteiger partial charge >= 0.3 is 0 Å². The highest BCUT2D eigenvalue weighted by molar-refractivity contribution is 7.22. The minimum absolute atomic E-state index is 0.0825. The number of thiophene rings is 1. The third-order valence-corrected chi connectivity index (χ3v) is 6.41. The number of nitrogens with zero attached hydrogens (tertiary/aromatic N) is 2. The Labute approximate surface area is 245 Å². The number of allylic oxidation sites excluding steroid dienone is 4. The highest BCUT2D eigenvalue weighted by Crippen LogP contribution is 2.47. The molecular formula is C31H38N2O7S. The van der Waals surface area contributed by atoms with E-state index in [1.165, 1.54) is 17.7 Å². The molecule has 0 N–H and O–H groups in total. The normalized spacial score (nSPS) is 12.2. The molecule has 2 atom stereocenters. The van der Waals surface area contributed by atoms with Crippen molar-refractivity contribution in [1.29, 1.82) is 0 Å². The SMILES string of the molecule is C=C(C)OCCOC(OC(=C)C)c1c(-c2ccccc2OCC)sc2c(OC(COC(=C)C)OC(=C)C)ncnc12. The van der Waals surface area contributed by atoms with Crippen LogP contribution in [-0.4, -0.2) is 42.7 Å². The first-order valence-corrected chi connectivity index (χ1v) is 13.9. The molecule has 220 valence electrons. The Hall–Kier alpha value is -4.02. The fourth-order valence-electron chi connectivity index (χ4n) is 3.73. The largest absolute Gasteiger partial charge is 0.496 e. The van der Waals surface area contributed by atoms with Gasteiger partial charge in [0.2, 0.25) is 12.2 Å². The Morgan fingerprint density at radius 2 is 1.59 bits per heavy atom. The van der Waals surface area contributed by atoms with Crippen LogP contribution in [0.2, 0.25) is 0 Å². The van der Waals surface area contributed by atoms with E-state index in [2.05, 4.69) is 36.3 Å². The number of para-hydroxylation sites is 1. The van der Waals surface area contributed by atoms with Crippen LogP contribution in [0.25, 0.3) is 20.7 Å². The van der Waals surface area contributed by atoms with E-state index < -0.39 is 12.6 Å². The molecule has 0 aliphatic heterocycles. The van der Waals surface area contributed by atoms with Crippen molar-refractivity contribution in [1.82, 2.24) is 9.97 Å². The zero-order chi connectivity index (χ0) is 29.9. The van der Waals surface area contributed by atoms with Crippen LogP contribution in [-0.2, 0) is 23.7 Å². The lowest BCUT2D eigenvalue weighted by Gasteiger charge is -2.22. The van der Waals surface area contributed by atoms with Gasteiger partial charge in [-0.15, -0.1) is 11.3 Å². The topological polar surface area (TPSA) is 90.4 Å². The molecule has 3 aromatic rings. The Bertz CT molecular complexity index is 1380. The second-order valence-corrected chi connectivity index (χ2v) is 10.1. The maximum absolute atomic E-state index is 6.21. The number of fused-ring (bicyclic) bond motifs is 1. The number of rotatable bonds is 18. The van der Waals surface area contributed by atoms with Gasteiger partial charge in [-0.05, 0) is 46.8 Å². The summed E-state index contributed by atoms with van der Waals surface area (Å²) in [5.41, 5.74) is 2.11. The summed E-state index contributed by atoms with van der Waals surface area (Å²) in [4.78, 5) is 9.88. The molecule has 0 saturated carbocycles. The molecule has 0 aliphatic rings. The fourth-order valence-corrected chi connectivity index (χ4v) is 4.96. The summed E-state index contributed by atoms with van der Waals surface area (Å²) in [6, 6.07) is 7.75. The van der Waals surface area contributed by atoms with Gasteiger partial charge in [-0.25, -0.2) is 9.97 Å². The highest BCUT2D eigenvalue weighted by Gasteiger charge is 2.30. The molecule has 0 aliphatic carbocycles. The lowest BCUT2D eigenvalue weighted by molar-refractivity contribution is -0.126. The van der Waals surface area contributed by atoms with Crippen LogP contribution in [0.3, 0.4) is 0 Å². The molecule has 0 spiro atoms. The average molecular weight is 583 g/mol. The lowest BCUT2D eigenvalue weighted by Crippen LogP contribution is -2.26. The molecule has 9 nitrogen and oxygen atoms in total. The van der Waals surface area contributed by atoms with Gasteiger partial charge in [0.15, 0.2) is 6.61 Å². The number of aromatic nitrogens is 2. The monoisotopic (exact) mass is 582 g/mol. The van der Waals surface area contributed by atoms with Crippen molar-refractivity contribution in [3.8, 4) is 22.1 Å². The van der Waals surface area contributed by atoms with E-state index in [-0.39, 0.29) is 13.2 Å². The maximum atomic E-state index is 6.21. The summed E-state index contributed by atoms with van der Waals surface area (Å²) in [6.45, 7) is 25.4. The maximum Gasteiger partial charge on any atom is 0.276 e. The smallest absolute Gasteiger partial charge is 0.276 e. The quantitative estimate of drug-likeness (QED) is 0.0851. The van der Waals surface area contributed by atoms with E-state index >= 15 is 0 Å². The summed E-state index contributed by atoms with van der Waals surface area (Å²) < 4.78 is 42.0. The first-order chi connectivity index (χ1) is 19.6. The van der Waals surface area contributed by atoms with Gasteiger partial charge in [-0.3, -0.25) is 0 Å². The molecule has 0 saturated heterocycles. The first kappa shape index (κ1) is 31.5. The third-order valence-electron chi connectivity index (χ3n) is 5.19. The summed E-state index contributed by atoms with van der Waals surface area (Å²) >= 11 is 1.43. The van der Waals surface area contributed by atoms with Gasteiger partial charge in [0.05, 0.1) is 52.2 Å². The van der Waals surface area contributed by atoms with Gasteiger partial charge in [-0.2, -0.15) is 0 Å². The Balaban J connectivity index is 2.18. The Morgan fingerprint density at radius 1 is 0.878 bits per heavy atom. The van der Waals surface area contributed by atoms with Crippen LogP contribution in [0.15, 0.2) is 79.9 Å². The molecule has 10 heteroatoms. The van der Waals surface area contributed by atoms with Crippen molar-refractivity contribution < 1.29 is 33.2 Å². The summed E-state index contributed by atoms with van der Waals surface area (Å²) in [7, 11) is 0. The first-order valence-electron chi connectivity index (χ1n) is 13.1. The second-order valence-electron chi connectivity index (χ2n) is 9.08. The Morgan fingerprint density at radius 3 is 2.24 bits per heavy atom. The second kappa shape index (κ2) is 15.1. The number of hydrogen-bond acceptors (Lipinski definition) is 10. The number of ether oxygens (including phenoxy) is 7. The lowest BCUT2D eigenvalue weighted by atomic mass is 10.1. The zero-order valence-corrected chi connectivity index (χ0v) is 25.2. The van der Waals surface area contributed by atoms with Crippen LogP contribution in [0.4, 0.5) is 0 Å². The minimum atomic E-state index is -0.864. The zero-order valence-electron chi connectivity index (χ0n) is 24.4. The molecule has 2 unspecified atom stereocenters. The molecule has 0 bridgehead atoms. The van der Waals surface area contributed by atoms with Crippen LogP contribution < -0.4 is 9.47 Å². The van der Waals surface area contributed by atoms with Crippen LogP contribution in [0.1, 0.15) is 46.5 Å². The molecule has 2 aromatic heterocycles. The number of benzene rings is 1. The molecule has 3 rings (SSSR count). The van der Waals surface area contributed by atoms with Crippen molar-refractivity contribution in [2.45, 2.75) is 47.2 Å². The summed E-state index contributed by atoms with van der Waals surface area (Å²) in [6.07, 6.45) is -0.271. The van der Waals surface area contributed by atoms with Crippen molar-refractivity contribution >= 4 is 21.6 Å². The van der Waals surface area contributed by atoms with Gasteiger partial charge < -0.3 is 33.2 Å². The van der Waals surface area contributed by atoms with Crippen molar-refractivity contribution in [2.24, 2.45) is 0 Å². The van der Waals surface area contributed by atoms with Crippen LogP contribution in [0.5, 0.6) is 11.6 Å². The Kier molecular flexibility index (Phi) is 11.6. The molecular weight excluding hydrogens is 544 g/mol. The van der Waals surface area contributed by atoms with Crippen LogP contribution in [0, 0.1) is 0 Å². The molecule has 1 aromatic carbocycles. The van der Waals surface area contributed by atoms with Gasteiger partial charge in [0.1, 0.15) is 23.4 Å². The molecule has 2 heterocycles. The predicted molar refractivity (Wildman–Crippen MR) is 160 cm³/mol. The molecule has 0 radical (unpaired) electrons. The molecule has 0 amide bonds. The van der Waals surface area contributed by atoms with E-state index in [1.54, 1.807) is 27.7 Å². The van der Waals surface area contributed by atoms with E-state index in [4.69, 9.17) is 33.2 Å². The predicted octanol–water partition coefficient (Wildman–Crippen LogP) is 7.68. The highest BCUT2D eigenvalue weighted by atomic mass is 32.1. The van der Waals surface area contributed by atoms with E-state index in [1.807, 2.05) is 31.2 Å². The molecule has 0 fully saturated rings. The molecule has 41 heavy (non-hydrogen) atoms. The van der Waals surface area contributed by atoms with Crippen molar-refractivity contribution in [3.05, 3.63) is 85.5 Å². The van der Waals surface area contributed by atoms with Gasteiger partial charge in [0, 0.05) is 5.56 Å².